The lowest BCUT2D eigenvalue weighted by Crippen LogP contribution is -2.50. The number of ether oxygens (including phenoxy) is 1. The van der Waals surface area contributed by atoms with Crippen LogP contribution in [0.5, 0.6) is 11.5 Å². The highest BCUT2D eigenvalue weighted by Crippen LogP contribution is 2.51. The van der Waals surface area contributed by atoms with Crippen LogP contribution in [-0.4, -0.2) is 34.6 Å². The summed E-state index contributed by atoms with van der Waals surface area (Å²) < 4.78 is 6.47. The summed E-state index contributed by atoms with van der Waals surface area (Å²) in [5.74, 6) is 1.89. The van der Waals surface area contributed by atoms with Crippen molar-refractivity contribution in [1.29, 1.82) is 0 Å². The van der Waals surface area contributed by atoms with Crippen molar-refractivity contribution < 1.29 is 4.74 Å². The molecule has 0 N–H and O–H groups in total. The Morgan fingerprint density at radius 1 is 0.722 bits per heavy atom. The number of benzene rings is 3. The van der Waals surface area contributed by atoms with E-state index in [-0.39, 0.29) is 0 Å². The molecular weight excluding hydrogens is 442 g/mol. The van der Waals surface area contributed by atoms with Crippen molar-refractivity contribution >= 4 is 11.4 Å². The second-order valence-electron chi connectivity index (χ2n) is 10.3. The number of aromatic nitrogens is 1. The number of hydrogen-bond donors (Lipinski definition) is 0. The third-order valence-electron chi connectivity index (χ3n) is 8.29. The molecule has 0 aliphatic carbocycles. The predicted octanol–water partition coefficient (Wildman–Crippen LogP) is 7.23. The normalized spacial score (nSPS) is 22.6. The molecule has 3 aliphatic rings. The lowest BCUT2D eigenvalue weighted by Gasteiger charge is -2.46. The number of pyridine rings is 1. The number of anilines is 2. The topological polar surface area (TPSA) is 28.6 Å². The molecule has 0 radical (unpaired) electrons. The van der Waals surface area contributed by atoms with E-state index in [4.69, 9.17) is 4.74 Å². The molecule has 0 amide bonds. The minimum Gasteiger partial charge on any atom is -0.453 e. The molecule has 36 heavy (non-hydrogen) atoms. The van der Waals surface area contributed by atoms with Gasteiger partial charge in [-0.25, -0.2) is 0 Å². The Hall–Kier alpha value is -3.63. The fourth-order valence-corrected chi connectivity index (χ4v) is 6.62. The zero-order valence-electron chi connectivity index (χ0n) is 20.5. The van der Waals surface area contributed by atoms with Gasteiger partial charge in [-0.05, 0) is 73.6 Å². The molecule has 180 valence electrons. The molecule has 7 rings (SSSR count). The molecule has 1 aromatic heterocycles. The number of fused-ring (bicyclic) bond motifs is 4. The van der Waals surface area contributed by atoms with E-state index in [1.807, 2.05) is 18.5 Å². The molecule has 2 fully saturated rings. The molecule has 1 unspecified atom stereocenters. The lowest BCUT2D eigenvalue weighted by molar-refractivity contribution is 0.129. The smallest absolute Gasteiger partial charge is 0.151 e. The SMILES string of the molecule is c1ccc(CCN2[C@@H]3CC[C@H]2CC(N2c4ccccc4Oc4cc(-c5cccnc5)ccc42)C3)cc1. The van der Waals surface area contributed by atoms with Crippen molar-refractivity contribution in [2.24, 2.45) is 0 Å². The third-order valence-corrected chi connectivity index (χ3v) is 8.29. The molecule has 3 atom stereocenters. The Kier molecular flexibility index (Phi) is 5.47. The van der Waals surface area contributed by atoms with Gasteiger partial charge < -0.3 is 9.64 Å². The first kappa shape index (κ1) is 21.6. The highest BCUT2D eigenvalue weighted by atomic mass is 16.5. The van der Waals surface area contributed by atoms with E-state index in [2.05, 4.69) is 93.6 Å². The summed E-state index contributed by atoms with van der Waals surface area (Å²) in [5.41, 5.74) is 6.07. The standard InChI is InChI=1S/C32H31N3O/c1-2-7-23(8-3-1)16-18-34-26-13-14-27(34)21-28(20-26)35-29-10-4-5-11-31(29)36-32-19-24(12-15-30(32)35)25-9-6-17-33-22-25/h1-12,15,17,19,22,26-28H,13-14,16,18,20-21H2/t26-,27+,28?. The maximum absolute atomic E-state index is 6.47. The van der Waals surface area contributed by atoms with E-state index in [0.717, 1.165) is 35.6 Å². The van der Waals surface area contributed by atoms with Crippen molar-refractivity contribution in [2.45, 2.75) is 50.2 Å². The summed E-state index contributed by atoms with van der Waals surface area (Å²) in [6.45, 7) is 1.16. The first-order valence-corrected chi connectivity index (χ1v) is 13.2. The van der Waals surface area contributed by atoms with Gasteiger partial charge in [-0.2, -0.15) is 0 Å². The van der Waals surface area contributed by atoms with Crippen LogP contribution >= 0.6 is 0 Å². The average Bonchev–Trinajstić information content (AvgIpc) is 3.17. The molecule has 4 heteroatoms. The first-order chi connectivity index (χ1) is 17.8. The highest BCUT2D eigenvalue weighted by Gasteiger charge is 2.44. The Labute approximate surface area is 213 Å². The minimum atomic E-state index is 0.475. The molecule has 4 heterocycles. The van der Waals surface area contributed by atoms with Crippen LogP contribution < -0.4 is 9.64 Å². The number of para-hydroxylation sites is 2. The van der Waals surface area contributed by atoms with Gasteiger partial charge in [0.2, 0.25) is 0 Å². The molecule has 0 saturated carbocycles. The first-order valence-electron chi connectivity index (χ1n) is 13.2. The number of piperidine rings is 1. The summed E-state index contributed by atoms with van der Waals surface area (Å²) in [7, 11) is 0. The van der Waals surface area contributed by atoms with Crippen LogP contribution in [0.1, 0.15) is 31.2 Å². The monoisotopic (exact) mass is 473 g/mol. The van der Waals surface area contributed by atoms with Gasteiger partial charge in [-0.15, -0.1) is 0 Å². The number of rotatable bonds is 5. The zero-order chi connectivity index (χ0) is 23.9. The maximum atomic E-state index is 6.47. The average molecular weight is 474 g/mol. The van der Waals surface area contributed by atoms with Crippen LogP contribution in [0, 0.1) is 0 Å². The van der Waals surface area contributed by atoms with Gasteiger partial charge in [0.15, 0.2) is 11.5 Å². The fraction of sp³-hybridized carbons (Fsp3) is 0.281. The molecule has 2 bridgehead atoms. The van der Waals surface area contributed by atoms with Crippen molar-refractivity contribution in [1.82, 2.24) is 9.88 Å². The molecule has 2 saturated heterocycles. The van der Waals surface area contributed by atoms with Crippen molar-refractivity contribution in [3.05, 3.63) is 103 Å². The largest absolute Gasteiger partial charge is 0.453 e. The highest BCUT2D eigenvalue weighted by molar-refractivity contribution is 5.81. The molecule has 4 aromatic rings. The van der Waals surface area contributed by atoms with Gasteiger partial charge in [0.05, 0.1) is 11.4 Å². The van der Waals surface area contributed by atoms with E-state index >= 15 is 0 Å². The molecule has 4 nitrogen and oxygen atoms in total. The Morgan fingerprint density at radius 3 is 2.31 bits per heavy atom. The van der Waals surface area contributed by atoms with Crippen LogP contribution in [-0.2, 0) is 6.42 Å². The Balaban J connectivity index is 1.18. The van der Waals surface area contributed by atoms with Crippen molar-refractivity contribution in [3.8, 4) is 22.6 Å². The van der Waals surface area contributed by atoms with Crippen LogP contribution in [0.15, 0.2) is 97.3 Å². The van der Waals surface area contributed by atoms with Gasteiger partial charge in [0.25, 0.3) is 0 Å². The van der Waals surface area contributed by atoms with Crippen LogP contribution in [0.3, 0.4) is 0 Å². The summed E-state index contributed by atoms with van der Waals surface area (Å²) in [6, 6.07) is 32.0. The van der Waals surface area contributed by atoms with Gasteiger partial charge in [0, 0.05) is 42.6 Å². The van der Waals surface area contributed by atoms with Crippen LogP contribution in [0.2, 0.25) is 0 Å². The van der Waals surface area contributed by atoms with Crippen LogP contribution in [0.4, 0.5) is 11.4 Å². The Bertz CT molecular complexity index is 1340. The quantitative estimate of drug-likeness (QED) is 0.306. The lowest BCUT2D eigenvalue weighted by atomic mass is 9.93. The van der Waals surface area contributed by atoms with Gasteiger partial charge in [-0.1, -0.05) is 54.6 Å². The van der Waals surface area contributed by atoms with Gasteiger partial charge in [-0.3, -0.25) is 9.88 Å². The second kappa shape index (κ2) is 9.11. The van der Waals surface area contributed by atoms with Crippen molar-refractivity contribution in [2.75, 3.05) is 11.4 Å². The predicted molar refractivity (Wildman–Crippen MR) is 145 cm³/mol. The summed E-state index contributed by atoms with van der Waals surface area (Å²) in [6.07, 6.45) is 9.89. The third kappa shape index (κ3) is 3.86. The van der Waals surface area contributed by atoms with E-state index in [1.54, 1.807) is 0 Å². The summed E-state index contributed by atoms with van der Waals surface area (Å²) in [5, 5.41) is 0. The maximum Gasteiger partial charge on any atom is 0.151 e. The fourth-order valence-electron chi connectivity index (χ4n) is 6.62. The summed E-state index contributed by atoms with van der Waals surface area (Å²) >= 11 is 0. The van der Waals surface area contributed by atoms with E-state index < -0.39 is 0 Å². The van der Waals surface area contributed by atoms with E-state index in [1.165, 1.54) is 42.6 Å². The van der Waals surface area contributed by atoms with E-state index in [0.29, 0.717) is 18.1 Å². The van der Waals surface area contributed by atoms with Crippen molar-refractivity contribution in [3.63, 3.8) is 0 Å². The second-order valence-corrected chi connectivity index (χ2v) is 10.3. The van der Waals surface area contributed by atoms with Gasteiger partial charge >= 0.3 is 0 Å². The molecule has 3 aliphatic heterocycles. The van der Waals surface area contributed by atoms with Crippen LogP contribution in [0.25, 0.3) is 11.1 Å². The van der Waals surface area contributed by atoms with E-state index in [9.17, 15) is 0 Å². The molecular formula is C32H31N3O. The Morgan fingerprint density at radius 2 is 1.50 bits per heavy atom. The number of hydrogen-bond acceptors (Lipinski definition) is 4. The number of nitrogens with zero attached hydrogens (tertiary/aromatic N) is 3. The molecule has 3 aromatic carbocycles. The van der Waals surface area contributed by atoms with Gasteiger partial charge in [0.1, 0.15) is 0 Å². The molecule has 0 spiro atoms. The zero-order valence-corrected chi connectivity index (χ0v) is 20.5. The minimum absolute atomic E-state index is 0.475. The summed E-state index contributed by atoms with van der Waals surface area (Å²) in [4.78, 5) is 9.70.